The molecule has 2 rings (SSSR count). The van der Waals surface area contributed by atoms with Gasteiger partial charge in [-0.2, -0.15) is 0 Å². The zero-order valence-electron chi connectivity index (χ0n) is 12.9. The smallest absolute Gasteiger partial charge is 0.123 e. The van der Waals surface area contributed by atoms with Gasteiger partial charge in [-0.15, -0.1) is 0 Å². The van der Waals surface area contributed by atoms with E-state index in [4.69, 9.17) is 4.74 Å². The van der Waals surface area contributed by atoms with Gasteiger partial charge < -0.3 is 15.4 Å². The van der Waals surface area contributed by atoms with Crippen molar-refractivity contribution >= 4 is 11.4 Å². The molecule has 0 amide bonds. The van der Waals surface area contributed by atoms with Gasteiger partial charge in [-0.05, 0) is 55.0 Å². The zero-order chi connectivity index (χ0) is 15.6. The van der Waals surface area contributed by atoms with Crippen molar-refractivity contribution in [3.05, 3.63) is 54.3 Å². The second-order valence-electron chi connectivity index (χ2n) is 5.09. The molecule has 0 saturated carbocycles. The zero-order valence-corrected chi connectivity index (χ0v) is 12.9. The fourth-order valence-electron chi connectivity index (χ4n) is 1.98. The molecule has 0 bridgehead atoms. The molecular weight excluding hydrogens is 279 g/mol. The Morgan fingerprint density at radius 2 is 1.41 bits per heavy atom. The molecule has 22 heavy (non-hydrogen) atoms. The second-order valence-corrected chi connectivity index (χ2v) is 5.09. The van der Waals surface area contributed by atoms with E-state index in [0.717, 1.165) is 49.7 Å². The molecule has 0 heterocycles. The Morgan fingerprint density at radius 1 is 0.864 bits per heavy atom. The van der Waals surface area contributed by atoms with Crippen LogP contribution in [0.4, 0.5) is 15.8 Å². The highest BCUT2D eigenvalue weighted by Crippen LogP contribution is 2.16. The highest BCUT2D eigenvalue weighted by Gasteiger charge is 1.96. The van der Waals surface area contributed by atoms with Crippen molar-refractivity contribution in [2.45, 2.75) is 19.8 Å². The van der Waals surface area contributed by atoms with Crippen LogP contribution in [0.5, 0.6) is 5.75 Å². The van der Waals surface area contributed by atoms with Crippen molar-refractivity contribution in [1.82, 2.24) is 0 Å². The van der Waals surface area contributed by atoms with Gasteiger partial charge in [-0.3, -0.25) is 0 Å². The first kappa shape index (κ1) is 16.1. The maximum atomic E-state index is 12.8. The molecule has 0 spiro atoms. The van der Waals surface area contributed by atoms with Crippen LogP contribution in [0.1, 0.15) is 19.8 Å². The monoisotopic (exact) mass is 302 g/mol. The van der Waals surface area contributed by atoms with Crippen LogP contribution in [-0.2, 0) is 0 Å². The molecule has 0 aliphatic rings. The van der Waals surface area contributed by atoms with Crippen molar-refractivity contribution in [2.75, 3.05) is 30.3 Å². The number of benzene rings is 2. The largest absolute Gasteiger partial charge is 0.494 e. The van der Waals surface area contributed by atoms with Crippen molar-refractivity contribution in [3.63, 3.8) is 0 Å². The number of nitrogens with one attached hydrogen (secondary N) is 2. The molecule has 2 aromatic carbocycles. The summed E-state index contributed by atoms with van der Waals surface area (Å²) in [4.78, 5) is 0. The minimum absolute atomic E-state index is 0.218. The van der Waals surface area contributed by atoms with Crippen LogP contribution >= 0.6 is 0 Å². The highest BCUT2D eigenvalue weighted by molar-refractivity contribution is 5.47. The summed E-state index contributed by atoms with van der Waals surface area (Å²) in [6, 6.07) is 14.4. The van der Waals surface area contributed by atoms with E-state index in [9.17, 15) is 4.39 Å². The number of halogens is 1. The minimum atomic E-state index is -0.218. The van der Waals surface area contributed by atoms with Gasteiger partial charge in [-0.25, -0.2) is 4.39 Å². The molecule has 0 aromatic heterocycles. The summed E-state index contributed by atoms with van der Waals surface area (Å²) in [5.41, 5.74) is 1.98. The number of hydrogen-bond acceptors (Lipinski definition) is 3. The summed E-state index contributed by atoms with van der Waals surface area (Å²) in [5, 5.41) is 6.56. The van der Waals surface area contributed by atoms with Crippen LogP contribution in [0.2, 0.25) is 0 Å². The van der Waals surface area contributed by atoms with Gasteiger partial charge >= 0.3 is 0 Å². The standard InChI is InChI=1S/C18H23FN2O/c1-2-3-14-22-18-10-8-17(9-11-18)21-13-12-20-16-6-4-15(19)5-7-16/h4-11,20-21H,2-3,12-14H2,1H3. The molecule has 0 saturated heterocycles. The first-order chi connectivity index (χ1) is 10.8. The maximum absolute atomic E-state index is 12.8. The molecular formula is C18H23FN2O. The number of anilines is 2. The lowest BCUT2D eigenvalue weighted by atomic mass is 10.3. The quantitative estimate of drug-likeness (QED) is 0.668. The van der Waals surface area contributed by atoms with Gasteiger partial charge in [-0.1, -0.05) is 13.3 Å². The van der Waals surface area contributed by atoms with Crippen LogP contribution in [-0.4, -0.2) is 19.7 Å². The number of ether oxygens (including phenoxy) is 1. The Bertz CT molecular complexity index is 540. The topological polar surface area (TPSA) is 33.3 Å². The van der Waals surface area contributed by atoms with E-state index < -0.39 is 0 Å². The van der Waals surface area contributed by atoms with Gasteiger partial charge in [0.25, 0.3) is 0 Å². The lowest BCUT2D eigenvalue weighted by Crippen LogP contribution is -2.13. The van der Waals surface area contributed by atoms with E-state index in [1.54, 1.807) is 12.1 Å². The van der Waals surface area contributed by atoms with E-state index in [1.807, 2.05) is 24.3 Å². The molecule has 0 atom stereocenters. The third-order valence-electron chi connectivity index (χ3n) is 3.25. The Kier molecular flexibility index (Phi) is 6.55. The van der Waals surface area contributed by atoms with Gasteiger partial charge in [0.05, 0.1) is 6.61 Å². The molecule has 4 heteroatoms. The van der Waals surface area contributed by atoms with Gasteiger partial charge in [0, 0.05) is 24.5 Å². The number of rotatable bonds is 9. The highest BCUT2D eigenvalue weighted by atomic mass is 19.1. The average molecular weight is 302 g/mol. The fraction of sp³-hybridized carbons (Fsp3) is 0.333. The first-order valence-corrected chi connectivity index (χ1v) is 7.74. The van der Waals surface area contributed by atoms with Crippen molar-refractivity contribution < 1.29 is 9.13 Å². The summed E-state index contributed by atoms with van der Waals surface area (Å²) < 4.78 is 18.4. The lowest BCUT2D eigenvalue weighted by Gasteiger charge is -2.10. The van der Waals surface area contributed by atoms with Crippen molar-refractivity contribution in [1.29, 1.82) is 0 Å². The van der Waals surface area contributed by atoms with Crippen LogP contribution in [0, 0.1) is 5.82 Å². The van der Waals surface area contributed by atoms with Crippen LogP contribution in [0.25, 0.3) is 0 Å². The minimum Gasteiger partial charge on any atom is -0.494 e. The average Bonchev–Trinajstić information content (AvgIpc) is 2.55. The van der Waals surface area contributed by atoms with Crippen LogP contribution < -0.4 is 15.4 Å². The normalized spacial score (nSPS) is 10.3. The summed E-state index contributed by atoms with van der Waals surface area (Å²) in [7, 11) is 0. The summed E-state index contributed by atoms with van der Waals surface area (Å²) in [6.07, 6.45) is 2.22. The predicted molar refractivity (Wildman–Crippen MR) is 90.2 cm³/mol. The van der Waals surface area contributed by atoms with E-state index >= 15 is 0 Å². The third-order valence-corrected chi connectivity index (χ3v) is 3.25. The van der Waals surface area contributed by atoms with Gasteiger partial charge in [0.2, 0.25) is 0 Å². The van der Waals surface area contributed by atoms with Crippen LogP contribution in [0.15, 0.2) is 48.5 Å². The van der Waals surface area contributed by atoms with Crippen molar-refractivity contribution in [3.8, 4) is 5.75 Å². The predicted octanol–water partition coefficient (Wildman–Crippen LogP) is 4.53. The van der Waals surface area contributed by atoms with E-state index in [2.05, 4.69) is 17.6 Å². The van der Waals surface area contributed by atoms with E-state index in [0.29, 0.717) is 0 Å². The second kappa shape index (κ2) is 8.93. The molecule has 2 N–H and O–H groups in total. The summed E-state index contributed by atoms with van der Waals surface area (Å²) in [5.74, 6) is 0.688. The van der Waals surface area contributed by atoms with Crippen LogP contribution in [0.3, 0.4) is 0 Å². The van der Waals surface area contributed by atoms with Gasteiger partial charge in [0.15, 0.2) is 0 Å². The molecule has 0 unspecified atom stereocenters. The SMILES string of the molecule is CCCCOc1ccc(NCCNc2ccc(F)cc2)cc1. The Labute approximate surface area is 131 Å². The molecule has 3 nitrogen and oxygen atoms in total. The first-order valence-electron chi connectivity index (χ1n) is 7.74. The third kappa shape index (κ3) is 5.64. The van der Waals surface area contributed by atoms with E-state index in [-0.39, 0.29) is 5.82 Å². The maximum Gasteiger partial charge on any atom is 0.123 e. The molecule has 0 radical (unpaired) electrons. The fourth-order valence-corrected chi connectivity index (χ4v) is 1.98. The number of unbranched alkanes of at least 4 members (excludes halogenated alkanes) is 1. The molecule has 0 aliphatic heterocycles. The summed E-state index contributed by atoms with van der Waals surface area (Å²) >= 11 is 0. The lowest BCUT2D eigenvalue weighted by molar-refractivity contribution is 0.309. The summed E-state index contributed by atoms with van der Waals surface area (Å²) in [6.45, 7) is 4.47. The molecule has 118 valence electrons. The van der Waals surface area contributed by atoms with Gasteiger partial charge in [0.1, 0.15) is 11.6 Å². The Morgan fingerprint density at radius 3 is 1.95 bits per heavy atom. The Hall–Kier alpha value is -2.23. The molecule has 0 fully saturated rings. The van der Waals surface area contributed by atoms with Crippen molar-refractivity contribution in [2.24, 2.45) is 0 Å². The number of hydrogen-bond donors (Lipinski definition) is 2. The molecule has 0 aliphatic carbocycles. The van der Waals surface area contributed by atoms with E-state index in [1.165, 1.54) is 12.1 Å². The molecule has 2 aromatic rings. The Balaban J connectivity index is 1.67.